The lowest BCUT2D eigenvalue weighted by atomic mass is 10.1. The van der Waals surface area contributed by atoms with Crippen LogP contribution in [0.5, 0.6) is 0 Å². The molecular weight excluding hydrogens is 262 g/mol. The van der Waals surface area contributed by atoms with Crippen LogP contribution >= 0.6 is 24.2 Å². The molecule has 4 nitrogen and oxygen atoms in total. The molecule has 0 unspecified atom stereocenters. The number of aliphatic carboxylic acids is 1. The third kappa shape index (κ3) is 3.94. The lowest BCUT2D eigenvalue weighted by Gasteiger charge is -2.13. The van der Waals surface area contributed by atoms with Crippen LogP contribution < -0.4 is 5.32 Å². The molecule has 0 aliphatic carbocycles. The number of amides is 1. The summed E-state index contributed by atoms with van der Waals surface area (Å²) in [5, 5.41) is 11.6. The first-order valence-electron chi connectivity index (χ1n) is 4.95. The minimum atomic E-state index is -1.08. The number of carboxylic acid groups (broad SMARTS) is 1. The van der Waals surface area contributed by atoms with Crippen LogP contribution in [0.4, 0.5) is 0 Å². The number of rotatable bonds is 5. The molecule has 1 amide bonds. The summed E-state index contributed by atoms with van der Waals surface area (Å²) >= 11 is 9.78. The van der Waals surface area contributed by atoms with Crippen LogP contribution in [0.3, 0.4) is 0 Å². The predicted octanol–water partition coefficient (Wildman–Crippen LogP) is 1.84. The summed E-state index contributed by atoms with van der Waals surface area (Å²) in [6.45, 7) is 0. The Balaban J connectivity index is 2.77. The molecule has 2 N–H and O–H groups in total. The summed E-state index contributed by atoms with van der Waals surface area (Å²) in [6, 6.07) is 5.52. The van der Waals surface area contributed by atoms with E-state index < -0.39 is 17.9 Å². The third-order valence-electron chi connectivity index (χ3n) is 2.14. The van der Waals surface area contributed by atoms with E-state index in [2.05, 4.69) is 17.9 Å². The number of hydrogen-bond donors (Lipinski definition) is 3. The van der Waals surface area contributed by atoms with Crippen molar-refractivity contribution in [3.63, 3.8) is 0 Å². The van der Waals surface area contributed by atoms with E-state index in [0.717, 1.165) is 0 Å². The van der Waals surface area contributed by atoms with E-state index in [4.69, 9.17) is 16.7 Å². The summed E-state index contributed by atoms with van der Waals surface area (Å²) in [7, 11) is 0. The zero-order chi connectivity index (χ0) is 12.8. The Kier molecular flexibility index (Phi) is 5.31. The van der Waals surface area contributed by atoms with Gasteiger partial charge in [0.25, 0.3) is 5.91 Å². The summed E-state index contributed by atoms with van der Waals surface area (Å²) in [5.41, 5.74) is 0.264. The van der Waals surface area contributed by atoms with Crippen LogP contribution in [0, 0.1) is 0 Å². The Morgan fingerprint density at radius 3 is 2.59 bits per heavy atom. The van der Waals surface area contributed by atoms with E-state index in [0.29, 0.717) is 10.8 Å². The van der Waals surface area contributed by atoms with E-state index in [1.165, 1.54) is 6.07 Å². The van der Waals surface area contributed by atoms with Gasteiger partial charge in [-0.1, -0.05) is 23.7 Å². The van der Waals surface area contributed by atoms with Crippen molar-refractivity contribution in [2.75, 3.05) is 5.75 Å². The topological polar surface area (TPSA) is 66.4 Å². The summed E-state index contributed by atoms with van der Waals surface area (Å²) in [5.74, 6) is -1.20. The highest BCUT2D eigenvalue weighted by Crippen LogP contribution is 2.14. The van der Waals surface area contributed by atoms with Crippen molar-refractivity contribution in [2.45, 2.75) is 12.5 Å². The average molecular weight is 274 g/mol. The lowest BCUT2D eigenvalue weighted by molar-refractivity contribution is -0.139. The van der Waals surface area contributed by atoms with Crippen LogP contribution in [0.25, 0.3) is 0 Å². The second-order valence-corrected chi connectivity index (χ2v) is 4.21. The number of nitrogens with one attached hydrogen (secondary N) is 1. The predicted molar refractivity (Wildman–Crippen MR) is 68.8 cm³/mol. The maximum atomic E-state index is 11.8. The third-order valence-corrected chi connectivity index (χ3v) is 2.73. The molecule has 1 atom stereocenters. The first-order valence-corrected chi connectivity index (χ1v) is 5.96. The molecule has 1 aromatic rings. The Morgan fingerprint density at radius 1 is 1.41 bits per heavy atom. The zero-order valence-corrected chi connectivity index (χ0v) is 10.5. The normalized spacial score (nSPS) is 11.9. The number of benzene rings is 1. The van der Waals surface area contributed by atoms with Crippen molar-refractivity contribution in [1.29, 1.82) is 0 Å². The monoisotopic (exact) mass is 273 g/mol. The number of halogens is 1. The first-order chi connectivity index (χ1) is 8.06. The molecule has 0 fully saturated rings. The lowest BCUT2D eigenvalue weighted by Crippen LogP contribution is -2.41. The Labute approximate surface area is 109 Å². The molecular formula is C11H12ClNO3S. The fourth-order valence-electron chi connectivity index (χ4n) is 1.27. The highest BCUT2D eigenvalue weighted by Gasteiger charge is 2.20. The molecule has 0 aromatic heterocycles. The van der Waals surface area contributed by atoms with Gasteiger partial charge in [0.15, 0.2) is 0 Å². The van der Waals surface area contributed by atoms with Gasteiger partial charge in [-0.3, -0.25) is 4.79 Å². The van der Waals surface area contributed by atoms with Gasteiger partial charge in [0, 0.05) is 0 Å². The fourth-order valence-corrected chi connectivity index (χ4v) is 1.75. The minimum Gasteiger partial charge on any atom is -0.480 e. The number of carbonyl (C=O) groups is 2. The van der Waals surface area contributed by atoms with Gasteiger partial charge in [0.05, 0.1) is 10.6 Å². The SMILES string of the molecule is O=C(N[C@@H](CCS)C(=O)O)c1ccccc1Cl. The van der Waals surface area contributed by atoms with Crippen molar-refractivity contribution in [2.24, 2.45) is 0 Å². The van der Waals surface area contributed by atoms with Crippen LogP contribution in [-0.4, -0.2) is 28.8 Å². The van der Waals surface area contributed by atoms with E-state index in [1.807, 2.05) is 0 Å². The summed E-state index contributed by atoms with van der Waals surface area (Å²) in [4.78, 5) is 22.6. The standard InChI is InChI=1S/C11H12ClNO3S/c12-8-4-2-1-3-7(8)10(14)13-9(5-6-17)11(15)16/h1-4,9,17H,5-6H2,(H,13,14)(H,15,16)/t9-/m0/s1. The molecule has 0 saturated carbocycles. The van der Waals surface area contributed by atoms with E-state index in [-0.39, 0.29) is 12.0 Å². The number of carboxylic acids is 1. The van der Waals surface area contributed by atoms with Gasteiger partial charge in [-0.15, -0.1) is 0 Å². The quantitative estimate of drug-likeness (QED) is 0.717. The minimum absolute atomic E-state index is 0.259. The van der Waals surface area contributed by atoms with Crippen molar-refractivity contribution < 1.29 is 14.7 Å². The number of hydrogen-bond acceptors (Lipinski definition) is 3. The maximum Gasteiger partial charge on any atom is 0.326 e. The molecule has 17 heavy (non-hydrogen) atoms. The Bertz CT molecular complexity index is 425. The van der Waals surface area contributed by atoms with Crippen molar-refractivity contribution in [3.05, 3.63) is 34.9 Å². The molecule has 1 rings (SSSR count). The second-order valence-electron chi connectivity index (χ2n) is 3.36. The molecule has 0 aliphatic rings. The Hall–Kier alpha value is -1.20. The van der Waals surface area contributed by atoms with Gasteiger partial charge in [-0.25, -0.2) is 4.79 Å². The van der Waals surface area contributed by atoms with Crippen molar-refractivity contribution >= 4 is 36.1 Å². The molecule has 0 heterocycles. The van der Waals surface area contributed by atoms with Gasteiger partial charge in [-0.05, 0) is 24.3 Å². The molecule has 92 valence electrons. The van der Waals surface area contributed by atoms with E-state index >= 15 is 0 Å². The number of carbonyl (C=O) groups excluding carboxylic acids is 1. The van der Waals surface area contributed by atoms with Crippen molar-refractivity contribution in [3.8, 4) is 0 Å². The molecule has 0 bridgehead atoms. The molecule has 1 aromatic carbocycles. The molecule has 0 saturated heterocycles. The average Bonchev–Trinajstić information content (AvgIpc) is 2.28. The molecule has 0 radical (unpaired) electrons. The largest absolute Gasteiger partial charge is 0.480 e. The fraction of sp³-hybridized carbons (Fsp3) is 0.273. The second kappa shape index (κ2) is 6.51. The molecule has 0 aliphatic heterocycles. The van der Waals surface area contributed by atoms with E-state index in [9.17, 15) is 9.59 Å². The van der Waals surface area contributed by atoms with Crippen LogP contribution in [-0.2, 0) is 4.79 Å². The zero-order valence-electron chi connectivity index (χ0n) is 8.89. The summed E-state index contributed by atoms with van der Waals surface area (Å²) < 4.78 is 0. The Morgan fingerprint density at radius 2 is 2.06 bits per heavy atom. The maximum absolute atomic E-state index is 11.8. The highest BCUT2D eigenvalue weighted by atomic mass is 35.5. The van der Waals surface area contributed by atoms with Gasteiger partial charge in [0.2, 0.25) is 0 Å². The van der Waals surface area contributed by atoms with Crippen LogP contribution in [0.2, 0.25) is 5.02 Å². The van der Waals surface area contributed by atoms with E-state index in [1.54, 1.807) is 18.2 Å². The van der Waals surface area contributed by atoms with Gasteiger partial charge in [0.1, 0.15) is 6.04 Å². The van der Waals surface area contributed by atoms with Crippen LogP contribution in [0.1, 0.15) is 16.8 Å². The molecule has 0 spiro atoms. The van der Waals surface area contributed by atoms with Gasteiger partial charge >= 0.3 is 5.97 Å². The first kappa shape index (κ1) is 13.9. The van der Waals surface area contributed by atoms with Crippen LogP contribution in [0.15, 0.2) is 24.3 Å². The van der Waals surface area contributed by atoms with Crippen molar-refractivity contribution in [1.82, 2.24) is 5.32 Å². The number of thiol groups is 1. The van der Waals surface area contributed by atoms with Gasteiger partial charge < -0.3 is 10.4 Å². The summed E-state index contributed by atoms with van der Waals surface area (Å²) in [6.07, 6.45) is 0.259. The highest BCUT2D eigenvalue weighted by molar-refractivity contribution is 7.80. The smallest absolute Gasteiger partial charge is 0.326 e. The molecule has 6 heteroatoms. The van der Waals surface area contributed by atoms with Gasteiger partial charge in [-0.2, -0.15) is 12.6 Å².